The molecule has 2 aromatic rings. The highest BCUT2D eigenvalue weighted by Crippen LogP contribution is 2.17. The predicted molar refractivity (Wildman–Crippen MR) is 85.1 cm³/mol. The van der Waals surface area contributed by atoms with E-state index in [2.05, 4.69) is 29.2 Å². The first kappa shape index (κ1) is 16.0. The van der Waals surface area contributed by atoms with E-state index in [1.807, 2.05) is 37.4 Å². The van der Waals surface area contributed by atoms with Crippen molar-refractivity contribution in [1.82, 2.24) is 15.4 Å². The molecule has 1 aromatic heterocycles. The first-order valence-electron chi connectivity index (χ1n) is 7.14. The van der Waals surface area contributed by atoms with Gasteiger partial charge in [0.05, 0.1) is 12.2 Å². The van der Waals surface area contributed by atoms with Crippen LogP contribution >= 0.6 is 11.6 Å². The van der Waals surface area contributed by atoms with Crippen molar-refractivity contribution in [2.24, 2.45) is 0 Å². The van der Waals surface area contributed by atoms with Gasteiger partial charge in [0.25, 0.3) is 0 Å². The molecule has 114 valence electrons. The molecule has 0 saturated carbocycles. The highest BCUT2D eigenvalue weighted by Gasteiger charge is 2.09. The fourth-order valence-corrected chi connectivity index (χ4v) is 2.26. The summed E-state index contributed by atoms with van der Waals surface area (Å²) in [6.07, 6.45) is 0. The van der Waals surface area contributed by atoms with Crippen LogP contribution in [0.25, 0.3) is 0 Å². The third-order valence-electron chi connectivity index (χ3n) is 3.12. The molecular formula is C16H22ClN3O. The van der Waals surface area contributed by atoms with Crippen LogP contribution in [0.2, 0.25) is 5.02 Å². The summed E-state index contributed by atoms with van der Waals surface area (Å²) in [6.45, 7) is 6.44. The Morgan fingerprint density at radius 2 is 2.05 bits per heavy atom. The zero-order valence-electron chi connectivity index (χ0n) is 12.8. The summed E-state index contributed by atoms with van der Waals surface area (Å²) in [7, 11) is 2.04. The van der Waals surface area contributed by atoms with Crippen molar-refractivity contribution in [3.8, 4) is 0 Å². The van der Waals surface area contributed by atoms with E-state index in [9.17, 15) is 0 Å². The molecule has 0 atom stereocenters. The van der Waals surface area contributed by atoms with Crippen LogP contribution in [0.1, 0.15) is 30.9 Å². The van der Waals surface area contributed by atoms with Crippen LogP contribution < -0.4 is 5.32 Å². The van der Waals surface area contributed by atoms with Gasteiger partial charge in [0.2, 0.25) is 0 Å². The minimum atomic E-state index is 0.438. The van der Waals surface area contributed by atoms with Gasteiger partial charge in [-0.2, -0.15) is 0 Å². The van der Waals surface area contributed by atoms with Crippen molar-refractivity contribution in [3.05, 3.63) is 52.4 Å². The Kier molecular flexibility index (Phi) is 5.79. The van der Waals surface area contributed by atoms with Gasteiger partial charge in [-0.3, -0.25) is 4.90 Å². The van der Waals surface area contributed by atoms with Gasteiger partial charge >= 0.3 is 0 Å². The van der Waals surface area contributed by atoms with Gasteiger partial charge in [-0.15, -0.1) is 0 Å². The average Bonchev–Trinajstić information content (AvgIpc) is 2.86. The van der Waals surface area contributed by atoms with Crippen LogP contribution in [0.4, 0.5) is 0 Å². The third-order valence-corrected chi connectivity index (χ3v) is 3.49. The molecule has 5 heteroatoms. The van der Waals surface area contributed by atoms with Gasteiger partial charge in [0.1, 0.15) is 0 Å². The van der Waals surface area contributed by atoms with Crippen LogP contribution in [0.5, 0.6) is 0 Å². The second-order valence-electron chi connectivity index (χ2n) is 5.58. The molecule has 0 radical (unpaired) electrons. The first-order valence-corrected chi connectivity index (χ1v) is 7.52. The molecule has 0 aliphatic carbocycles. The van der Waals surface area contributed by atoms with Crippen molar-refractivity contribution in [1.29, 1.82) is 0 Å². The van der Waals surface area contributed by atoms with Crippen molar-refractivity contribution in [2.45, 2.75) is 39.5 Å². The van der Waals surface area contributed by atoms with E-state index in [1.54, 1.807) is 0 Å². The average molecular weight is 308 g/mol. The van der Waals surface area contributed by atoms with Crippen LogP contribution in [0.3, 0.4) is 0 Å². The topological polar surface area (TPSA) is 41.3 Å². The molecule has 0 aliphatic heterocycles. The molecule has 0 fully saturated rings. The Balaban J connectivity index is 1.88. The van der Waals surface area contributed by atoms with Crippen molar-refractivity contribution >= 4 is 11.6 Å². The Morgan fingerprint density at radius 1 is 1.29 bits per heavy atom. The quantitative estimate of drug-likeness (QED) is 0.850. The number of hydrogen-bond donors (Lipinski definition) is 1. The minimum Gasteiger partial charge on any atom is -0.360 e. The molecule has 1 N–H and O–H groups in total. The van der Waals surface area contributed by atoms with Crippen molar-refractivity contribution in [2.75, 3.05) is 7.05 Å². The maximum absolute atomic E-state index is 6.18. The lowest BCUT2D eigenvalue weighted by molar-refractivity contribution is 0.265. The molecular weight excluding hydrogens is 286 g/mol. The molecule has 2 rings (SSSR count). The van der Waals surface area contributed by atoms with Gasteiger partial charge in [0, 0.05) is 30.2 Å². The molecule has 0 saturated heterocycles. The van der Waals surface area contributed by atoms with Gasteiger partial charge in [-0.1, -0.05) is 48.8 Å². The van der Waals surface area contributed by atoms with E-state index in [-0.39, 0.29) is 0 Å². The summed E-state index contributed by atoms with van der Waals surface area (Å²) in [4.78, 5) is 2.15. The number of halogens is 1. The fourth-order valence-electron chi connectivity index (χ4n) is 2.06. The number of benzene rings is 1. The van der Waals surface area contributed by atoms with Crippen LogP contribution in [0, 0.1) is 0 Å². The normalized spacial score (nSPS) is 11.5. The highest BCUT2D eigenvalue weighted by atomic mass is 35.5. The summed E-state index contributed by atoms with van der Waals surface area (Å²) in [6, 6.07) is 10.3. The van der Waals surface area contributed by atoms with Crippen LogP contribution in [-0.2, 0) is 19.6 Å². The molecule has 0 spiro atoms. The summed E-state index contributed by atoms with van der Waals surface area (Å²) < 4.78 is 5.37. The predicted octanol–water partition coefficient (Wildman–Crippen LogP) is 3.46. The summed E-state index contributed by atoms with van der Waals surface area (Å²) in [5.41, 5.74) is 2.05. The number of nitrogens with one attached hydrogen (secondary N) is 1. The Bertz CT molecular complexity index is 568. The Labute approximate surface area is 131 Å². The molecule has 0 unspecified atom stereocenters. The zero-order valence-corrected chi connectivity index (χ0v) is 13.5. The monoisotopic (exact) mass is 307 g/mol. The molecule has 0 aliphatic rings. The van der Waals surface area contributed by atoms with Crippen molar-refractivity contribution < 1.29 is 4.52 Å². The largest absolute Gasteiger partial charge is 0.360 e. The highest BCUT2D eigenvalue weighted by molar-refractivity contribution is 6.31. The molecule has 0 amide bonds. The van der Waals surface area contributed by atoms with Crippen molar-refractivity contribution in [3.63, 3.8) is 0 Å². The Hall–Kier alpha value is -1.36. The van der Waals surface area contributed by atoms with Gasteiger partial charge in [-0.25, -0.2) is 0 Å². The molecule has 1 aromatic carbocycles. The SMILES string of the molecule is CC(C)NCc1cc(CN(C)Cc2ccccc2Cl)on1. The maximum atomic E-state index is 6.18. The summed E-state index contributed by atoms with van der Waals surface area (Å²) >= 11 is 6.18. The fraction of sp³-hybridized carbons (Fsp3) is 0.438. The zero-order chi connectivity index (χ0) is 15.2. The maximum Gasteiger partial charge on any atom is 0.151 e. The Morgan fingerprint density at radius 3 is 2.76 bits per heavy atom. The number of aromatic nitrogens is 1. The molecule has 21 heavy (non-hydrogen) atoms. The molecule has 1 heterocycles. The number of hydrogen-bond acceptors (Lipinski definition) is 4. The van der Waals surface area contributed by atoms with Gasteiger partial charge in [-0.05, 0) is 18.7 Å². The number of nitrogens with zero attached hydrogens (tertiary/aromatic N) is 2. The van der Waals surface area contributed by atoms with E-state index < -0.39 is 0 Å². The van der Waals surface area contributed by atoms with E-state index in [4.69, 9.17) is 16.1 Å². The number of rotatable bonds is 7. The van der Waals surface area contributed by atoms with Gasteiger partial charge in [0.15, 0.2) is 5.76 Å². The smallest absolute Gasteiger partial charge is 0.151 e. The lowest BCUT2D eigenvalue weighted by Gasteiger charge is -2.15. The summed E-state index contributed by atoms with van der Waals surface area (Å²) in [5.74, 6) is 0.866. The second-order valence-corrected chi connectivity index (χ2v) is 5.99. The molecule has 4 nitrogen and oxygen atoms in total. The minimum absolute atomic E-state index is 0.438. The third kappa shape index (κ3) is 5.16. The first-order chi connectivity index (χ1) is 10.0. The molecule has 0 bridgehead atoms. The van der Waals surface area contributed by atoms with E-state index in [1.165, 1.54) is 0 Å². The van der Waals surface area contributed by atoms with Gasteiger partial charge < -0.3 is 9.84 Å². The standard InChI is InChI=1S/C16H22ClN3O/c1-12(2)18-9-14-8-15(21-19-14)11-20(3)10-13-6-4-5-7-16(13)17/h4-8,12,18H,9-11H2,1-3H3. The van der Waals surface area contributed by atoms with E-state index >= 15 is 0 Å². The van der Waals surface area contributed by atoms with E-state index in [0.29, 0.717) is 12.6 Å². The van der Waals surface area contributed by atoms with E-state index in [0.717, 1.165) is 35.1 Å². The second kappa shape index (κ2) is 7.59. The summed E-state index contributed by atoms with van der Waals surface area (Å²) in [5, 5.41) is 8.19. The van der Waals surface area contributed by atoms with Crippen LogP contribution in [-0.4, -0.2) is 23.1 Å². The lowest BCUT2D eigenvalue weighted by atomic mass is 10.2. The lowest BCUT2D eigenvalue weighted by Crippen LogP contribution is -2.21. The van der Waals surface area contributed by atoms with Crippen LogP contribution in [0.15, 0.2) is 34.9 Å².